The highest BCUT2D eigenvalue weighted by atomic mass is 32.1. The fraction of sp³-hybridized carbons (Fsp3) is 0.667. The molecule has 1 aliphatic rings. The molecule has 0 saturated carbocycles. The first-order valence-corrected chi connectivity index (χ1v) is 19.0. The Morgan fingerprint density at radius 2 is 0.822 bits per heavy atom. The molecule has 5 nitrogen and oxygen atoms in total. The van der Waals surface area contributed by atoms with Crippen LogP contribution in [0.1, 0.15) is 125 Å². The lowest BCUT2D eigenvalue weighted by Gasteiger charge is -2.44. The molecule has 0 unspecified atom stereocenters. The first-order valence-electron chi connectivity index (χ1n) is 18.6. The predicted octanol–water partition coefficient (Wildman–Crippen LogP) is 10.7. The molecule has 2 aromatic carbocycles. The van der Waals surface area contributed by atoms with Gasteiger partial charge in [-0.15, -0.1) is 0 Å². The van der Waals surface area contributed by atoms with Crippen LogP contribution in [0.4, 0.5) is 22.7 Å². The first-order chi connectivity index (χ1) is 22.1. The molecule has 1 aliphatic heterocycles. The number of nitrogens with zero attached hydrogens (tertiary/aromatic N) is 5. The molecule has 0 bridgehead atoms. The minimum Gasteiger partial charge on any atom is -0.372 e. The van der Waals surface area contributed by atoms with Crippen molar-refractivity contribution in [2.45, 2.75) is 125 Å². The van der Waals surface area contributed by atoms with Gasteiger partial charge in [-0.1, -0.05) is 90.4 Å². The summed E-state index contributed by atoms with van der Waals surface area (Å²) < 4.78 is 0. The SMILES string of the molecule is CCCCCCCCCCCCCCCCN1CN(c2ccc(N(CC)CC)cc2)C(=S)N(c2ccc(N(CC)CC)cc2)C1. The van der Waals surface area contributed by atoms with Gasteiger partial charge in [0.25, 0.3) is 0 Å². The zero-order valence-electron chi connectivity index (χ0n) is 29.6. The first kappa shape index (κ1) is 37.2. The fourth-order valence-electron chi connectivity index (χ4n) is 6.63. The number of rotatable bonds is 23. The zero-order valence-corrected chi connectivity index (χ0v) is 30.4. The second kappa shape index (κ2) is 21.5. The van der Waals surface area contributed by atoms with Crippen molar-refractivity contribution in [3.8, 4) is 0 Å². The second-order valence-electron chi connectivity index (χ2n) is 12.8. The molecular formula is C39H65N5S. The summed E-state index contributed by atoms with van der Waals surface area (Å²) in [7, 11) is 0. The third-order valence-electron chi connectivity index (χ3n) is 9.55. The molecule has 252 valence electrons. The predicted molar refractivity (Wildman–Crippen MR) is 204 cm³/mol. The van der Waals surface area contributed by atoms with Gasteiger partial charge in [0.2, 0.25) is 0 Å². The van der Waals surface area contributed by atoms with Gasteiger partial charge in [-0.3, -0.25) is 4.90 Å². The van der Waals surface area contributed by atoms with Crippen molar-refractivity contribution in [2.75, 3.05) is 65.7 Å². The minimum absolute atomic E-state index is 0.843. The normalized spacial score (nSPS) is 13.9. The Balaban J connectivity index is 1.54. The van der Waals surface area contributed by atoms with Crippen molar-refractivity contribution < 1.29 is 0 Å². The molecule has 1 fully saturated rings. The maximum Gasteiger partial charge on any atom is 0.182 e. The molecule has 1 heterocycles. The van der Waals surface area contributed by atoms with E-state index in [-0.39, 0.29) is 0 Å². The van der Waals surface area contributed by atoms with Crippen LogP contribution in [0.25, 0.3) is 0 Å². The summed E-state index contributed by atoms with van der Waals surface area (Å²) >= 11 is 6.17. The van der Waals surface area contributed by atoms with E-state index in [9.17, 15) is 0 Å². The Morgan fingerprint density at radius 1 is 0.489 bits per heavy atom. The van der Waals surface area contributed by atoms with Gasteiger partial charge in [0.15, 0.2) is 5.11 Å². The highest BCUT2D eigenvalue weighted by Gasteiger charge is 2.29. The van der Waals surface area contributed by atoms with Crippen LogP contribution in [0.2, 0.25) is 0 Å². The molecule has 0 aliphatic carbocycles. The summed E-state index contributed by atoms with van der Waals surface area (Å²) in [6.45, 7) is 18.0. The van der Waals surface area contributed by atoms with Crippen molar-refractivity contribution in [3.05, 3.63) is 48.5 Å². The van der Waals surface area contributed by atoms with Crippen LogP contribution in [-0.2, 0) is 0 Å². The van der Waals surface area contributed by atoms with Crippen LogP contribution < -0.4 is 19.6 Å². The van der Waals surface area contributed by atoms with Gasteiger partial charge in [0.05, 0.1) is 13.3 Å². The number of thiocarbonyl (C=S) groups is 1. The molecule has 1 saturated heterocycles. The van der Waals surface area contributed by atoms with Gasteiger partial charge in [-0.2, -0.15) is 0 Å². The summed E-state index contributed by atoms with van der Waals surface area (Å²) in [5.41, 5.74) is 4.89. The molecule has 0 amide bonds. The van der Waals surface area contributed by atoms with Crippen molar-refractivity contribution in [2.24, 2.45) is 0 Å². The molecule has 45 heavy (non-hydrogen) atoms. The van der Waals surface area contributed by atoms with Gasteiger partial charge >= 0.3 is 0 Å². The van der Waals surface area contributed by atoms with Crippen LogP contribution in [0.15, 0.2) is 48.5 Å². The fourth-order valence-corrected chi connectivity index (χ4v) is 6.96. The van der Waals surface area contributed by atoms with E-state index in [1.807, 2.05) is 0 Å². The maximum absolute atomic E-state index is 6.17. The van der Waals surface area contributed by atoms with Crippen LogP contribution in [-0.4, -0.2) is 56.1 Å². The van der Waals surface area contributed by atoms with E-state index in [0.29, 0.717) is 0 Å². The van der Waals surface area contributed by atoms with Crippen molar-refractivity contribution in [1.29, 1.82) is 0 Å². The average Bonchev–Trinajstić information content (AvgIpc) is 3.07. The van der Waals surface area contributed by atoms with E-state index in [1.165, 1.54) is 113 Å². The summed E-state index contributed by atoms with van der Waals surface area (Å²) in [6.07, 6.45) is 19.5. The maximum atomic E-state index is 6.17. The summed E-state index contributed by atoms with van der Waals surface area (Å²) in [4.78, 5) is 12.0. The van der Waals surface area contributed by atoms with Crippen molar-refractivity contribution in [3.63, 3.8) is 0 Å². The molecule has 0 radical (unpaired) electrons. The lowest BCUT2D eigenvalue weighted by molar-refractivity contribution is 0.270. The Bertz CT molecular complexity index is 981. The zero-order chi connectivity index (χ0) is 32.3. The lowest BCUT2D eigenvalue weighted by Crippen LogP contribution is -2.58. The lowest BCUT2D eigenvalue weighted by atomic mass is 10.0. The molecule has 3 rings (SSSR count). The molecule has 0 spiro atoms. The van der Waals surface area contributed by atoms with E-state index in [4.69, 9.17) is 12.2 Å². The average molecular weight is 636 g/mol. The van der Waals surface area contributed by atoms with Gasteiger partial charge in [0, 0.05) is 55.5 Å². The van der Waals surface area contributed by atoms with Crippen LogP contribution >= 0.6 is 12.2 Å². The Morgan fingerprint density at radius 3 is 1.16 bits per heavy atom. The number of hydrogen-bond acceptors (Lipinski definition) is 4. The van der Waals surface area contributed by atoms with Gasteiger partial charge in [-0.25, -0.2) is 0 Å². The Hall–Kier alpha value is -2.31. The Labute approximate surface area is 282 Å². The van der Waals surface area contributed by atoms with Gasteiger partial charge in [-0.05, 0) is 94.9 Å². The third-order valence-corrected chi connectivity index (χ3v) is 9.99. The minimum atomic E-state index is 0.843. The monoisotopic (exact) mass is 635 g/mol. The molecule has 6 heteroatoms. The van der Waals surface area contributed by atoms with E-state index in [2.05, 4.69) is 108 Å². The van der Waals surface area contributed by atoms with Crippen molar-refractivity contribution in [1.82, 2.24) is 4.90 Å². The summed E-state index contributed by atoms with van der Waals surface area (Å²) in [6, 6.07) is 18.0. The van der Waals surface area contributed by atoms with Gasteiger partial charge in [0.1, 0.15) is 0 Å². The standard InChI is InChI=1S/C39H65N5S/c1-6-11-12-13-14-15-16-17-18-19-20-21-22-23-32-40-33-43(37-28-24-35(25-29-37)41(7-2)8-3)39(45)44(34-40)38-30-26-36(27-31-38)42(9-4)10-5/h24-31H,6-23,32-34H2,1-5H3. The molecule has 2 aromatic rings. The van der Waals surface area contributed by atoms with E-state index >= 15 is 0 Å². The summed E-state index contributed by atoms with van der Waals surface area (Å²) in [5, 5.41) is 0.887. The number of benzene rings is 2. The summed E-state index contributed by atoms with van der Waals surface area (Å²) in [5.74, 6) is 0. The van der Waals surface area contributed by atoms with Crippen molar-refractivity contribution >= 4 is 40.1 Å². The number of unbranched alkanes of at least 4 members (excludes halogenated alkanes) is 13. The molecule has 0 aromatic heterocycles. The number of anilines is 4. The highest BCUT2D eigenvalue weighted by molar-refractivity contribution is 7.80. The van der Waals surface area contributed by atoms with Crippen LogP contribution in [0.3, 0.4) is 0 Å². The van der Waals surface area contributed by atoms with E-state index in [0.717, 1.165) is 51.2 Å². The number of hydrogen-bond donors (Lipinski definition) is 0. The quantitative estimate of drug-likeness (QED) is 0.0886. The van der Waals surface area contributed by atoms with Gasteiger partial charge < -0.3 is 19.6 Å². The second-order valence-corrected chi connectivity index (χ2v) is 13.2. The smallest absolute Gasteiger partial charge is 0.182 e. The van der Waals surface area contributed by atoms with E-state index < -0.39 is 0 Å². The Kier molecular flexibility index (Phi) is 17.7. The van der Waals surface area contributed by atoms with E-state index in [1.54, 1.807) is 0 Å². The topological polar surface area (TPSA) is 16.2 Å². The highest BCUT2D eigenvalue weighted by Crippen LogP contribution is 2.29. The van der Waals surface area contributed by atoms with Crippen LogP contribution in [0, 0.1) is 0 Å². The van der Waals surface area contributed by atoms with Crippen LogP contribution in [0.5, 0.6) is 0 Å². The largest absolute Gasteiger partial charge is 0.372 e. The molecule has 0 N–H and O–H groups in total. The third kappa shape index (κ3) is 12.1. The molecular weight excluding hydrogens is 571 g/mol. The molecule has 0 atom stereocenters.